The van der Waals surface area contributed by atoms with Crippen LogP contribution in [0.2, 0.25) is 0 Å². The van der Waals surface area contributed by atoms with Gasteiger partial charge < -0.3 is 9.47 Å². The van der Waals surface area contributed by atoms with E-state index in [0.717, 1.165) is 21.3 Å². The second-order valence-electron chi connectivity index (χ2n) is 5.39. The van der Waals surface area contributed by atoms with Gasteiger partial charge in [0.25, 0.3) is 0 Å². The topological polar surface area (TPSA) is 52.6 Å². The number of rotatable bonds is 12. The minimum absolute atomic E-state index is 0.335. The summed E-state index contributed by atoms with van der Waals surface area (Å²) in [6, 6.07) is 0. The zero-order chi connectivity index (χ0) is 20.4. The maximum atomic E-state index is 11.1. The molecule has 2 aliphatic rings. The van der Waals surface area contributed by atoms with Gasteiger partial charge in [-0.1, -0.05) is 13.2 Å². The van der Waals surface area contributed by atoms with Gasteiger partial charge in [-0.3, -0.25) is 0 Å². The summed E-state index contributed by atoms with van der Waals surface area (Å²) in [4.78, 5) is 24.4. The first-order valence-corrected chi connectivity index (χ1v) is 14.1. The fraction of sp³-hybridized carbons (Fsp3) is 0.444. The Bertz CT molecular complexity index is 594. The van der Waals surface area contributed by atoms with Crippen LogP contribution in [0.1, 0.15) is 6.92 Å². The standard InChI is InChI=1S/C18H22O4S6/c1-4-15(19)21-6-13-8-25-17(27-13)10-23-12(3)24-11-18-26-9-14(28-18)7-22-16(20)5-2/h4-5,8-9,12,17-18H,1-2,6-7,10-11H2,3H3. The predicted molar refractivity (Wildman–Crippen MR) is 131 cm³/mol. The molecule has 0 aromatic rings. The van der Waals surface area contributed by atoms with E-state index in [2.05, 4.69) is 30.9 Å². The number of carbonyl (C=O) groups excluding carboxylic acids is 2. The van der Waals surface area contributed by atoms with E-state index in [1.54, 1.807) is 47.0 Å². The summed E-state index contributed by atoms with van der Waals surface area (Å²) in [6.45, 7) is 9.71. The minimum Gasteiger partial charge on any atom is -0.457 e. The highest BCUT2D eigenvalue weighted by atomic mass is 32.2. The Hall–Kier alpha value is -0.000000000000000222. The Morgan fingerprint density at radius 2 is 1.43 bits per heavy atom. The molecule has 2 unspecified atom stereocenters. The molecule has 2 rings (SSSR count). The molecule has 0 aliphatic carbocycles. The highest BCUT2D eigenvalue weighted by Gasteiger charge is 2.23. The number of esters is 2. The molecule has 2 aliphatic heterocycles. The SMILES string of the molecule is C=CC(=O)OCC1=CSC(CSC(C)SCC2SC=C(COC(=O)C=C)S2)S1. The van der Waals surface area contributed by atoms with Crippen LogP contribution >= 0.6 is 70.6 Å². The molecule has 0 aromatic heterocycles. The van der Waals surface area contributed by atoms with Gasteiger partial charge in [0.05, 0.1) is 9.16 Å². The van der Waals surface area contributed by atoms with Gasteiger partial charge in [-0.05, 0) is 17.7 Å². The fourth-order valence-corrected chi connectivity index (χ4v) is 9.71. The lowest BCUT2D eigenvalue weighted by molar-refractivity contribution is -0.137. The summed E-state index contributed by atoms with van der Waals surface area (Å²) in [6.07, 6.45) is 2.37. The molecule has 0 N–H and O–H groups in total. The molecule has 0 saturated carbocycles. The molecule has 28 heavy (non-hydrogen) atoms. The van der Waals surface area contributed by atoms with E-state index in [1.165, 1.54) is 12.2 Å². The van der Waals surface area contributed by atoms with Crippen molar-refractivity contribution >= 4 is 82.5 Å². The number of hydrogen-bond donors (Lipinski definition) is 0. The average molecular weight is 495 g/mol. The third kappa shape index (κ3) is 9.21. The van der Waals surface area contributed by atoms with Crippen LogP contribution in [0.3, 0.4) is 0 Å². The summed E-state index contributed by atoms with van der Waals surface area (Å²) in [5.41, 5.74) is 0. The number of ether oxygens (including phenoxy) is 2. The van der Waals surface area contributed by atoms with Crippen LogP contribution in [0.15, 0.2) is 45.9 Å². The second kappa shape index (κ2) is 13.3. The minimum atomic E-state index is -0.381. The quantitative estimate of drug-likeness (QED) is 0.196. The Kier molecular flexibility index (Phi) is 11.6. The monoisotopic (exact) mass is 494 g/mol. The maximum Gasteiger partial charge on any atom is 0.330 e. The number of carbonyl (C=O) groups is 2. The Labute approximate surface area is 191 Å². The number of hydrogen-bond acceptors (Lipinski definition) is 10. The molecule has 154 valence electrons. The third-order valence-electron chi connectivity index (χ3n) is 3.25. The van der Waals surface area contributed by atoms with Crippen LogP contribution in [-0.2, 0) is 19.1 Å². The molecule has 0 saturated heterocycles. The van der Waals surface area contributed by atoms with Crippen LogP contribution in [0, 0.1) is 0 Å². The van der Waals surface area contributed by atoms with Gasteiger partial charge in [0.2, 0.25) is 0 Å². The Morgan fingerprint density at radius 3 is 1.82 bits per heavy atom. The van der Waals surface area contributed by atoms with Crippen molar-refractivity contribution in [1.82, 2.24) is 0 Å². The normalized spacial score (nSPS) is 22.2. The van der Waals surface area contributed by atoms with Crippen LogP contribution < -0.4 is 0 Å². The van der Waals surface area contributed by atoms with Gasteiger partial charge in [-0.2, -0.15) is 0 Å². The number of thioether (sulfide) groups is 6. The molecule has 0 amide bonds. The molecule has 0 radical (unpaired) electrons. The van der Waals surface area contributed by atoms with E-state index in [9.17, 15) is 9.59 Å². The van der Waals surface area contributed by atoms with Gasteiger partial charge in [-0.15, -0.1) is 70.6 Å². The van der Waals surface area contributed by atoms with Crippen molar-refractivity contribution in [3.8, 4) is 0 Å². The Balaban J connectivity index is 1.54. The van der Waals surface area contributed by atoms with Crippen molar-refractivity contribution < 1.29 is 19.1 Å². The lowest BCUT2D eigenvalue weighted by Gasteiger charge is -2.16. The van der Waals surface area contributed by atoms with Crippen LogP contribution in [0.25, 0.3) is 0 Å². The first-order valence-electron chi connectivity index (χ1n) is 8.34. The summed E-state index contributed by atoms with van der Waals surface area (Å²) in [7, 11) is 0. The van der Waals surface area contributed by atoms with E-state index >= 15 is 0 Å². The molecule has 0 fully saturated rings. The zero-order valence-corrected chi connectivity index (χ0v) is 20.3. The van der Waals surface area contributed by atoms with E-state index in [4.69, 9.17) is 9.47 Å². The van der Waals surface area contributed by atoms with Crippen molar-refractivity contribution in [1.29, 1.82) is 0 Å². The lowest BCUT2D eigenvalue weighted by Crippen LogP contribution is -2.06. The molecule has 2 atom stereocenters. The fourth-order valence-electron chi connectivity index (χ4n) is 1.91. The molecule has 4 nitrogen and oxygen atoms in total. The van der Waals surface area contributed by atoms with Crippen molar-refractivity contribution in [2.75, 3.05) is 24.7 Å². The lowest BCUT2D eigenvalue weighted by atomic mass is 10.6. The molecule has 2 heterocycles. The zero-order valence-electron chi connectivity index (χ0n) is 15.4. The predicted octanol–water partition coefficient (Wildman–Crippen LogP) is 5.55. The van der Waals surface area contributed by atoms with Gasteiger partial charge in [0.1, 0.15) is 13.2 Å². The van der Waals surface area contributed by atoms with Gasteiger partial charge in [0.15, 0.2) is 0 Å². The van der Waals surface area contributed by atoms with Crippen molar-refractivity contribution in [3.63, 3.8) is 0 Å². The van der Waals surface area contributed by atoms with Crippen molar-refractivity contribution in [3.05, 3.63) is 45.9 Å². The molecular weight excluding hydrogens is 473 g/mol. The summed E-state index contributed by atoms with van der Waals surface area (Å²) in [5.74, 6) is 1.33. The maximum absolute atomic E-state index is 11.1. The van der Waals surface area contributed by atoms with E-state index in [-0.39, 0.29) is 11.9 Å². The van der Waals surface area contributed by atoms with Crippen molar-refractivity contribution in [2.45, 2.75) is 20.7 Å². The van der Waals surface area contributed by atoms with Gasteiger partial charge in [-0.25, -0.2) is 9.59 Å². The van der Waals surface area contributed by atoms with E-state index in [1.807, 2.05) is 23.5 Å². The largest absolute Gasteiger partial charge is 0.457 e. The highest BCUT2D eigenvalue weighted by molar-refractivity contribution is 8.26. The van der Waals surface area contributed by atoms with Gasteiger partial charge in [0, 0.05) is 38.0 Å². The summed E-state index contributed by atoms with van der Waals surface area (Å²) in [5, 5.41) is 4.17. The second-order valence-corrected chi connectivity index (χ2v) is 13.8. The molecule has 10 heteroatoms. The van der Waals surface area contributed by atoms with Crippen molar-refractivity contribution in [2.24, 2.45) is 0 Å². The highest BCUT2D eigenvalue weighted by Crippen LogP contribution is 2.45. The first-order chi connectivity index (χ1) is 13.5. The van der Waals surface area contributed by atoms with Gasteiger partial charge >= 0.3 is 11.9 Å². The summed E-state index contributed by atoms with van der Waals surface area (Å²) >= 11 is 11.0. The van der Waals surface area contributed by atoms with Crippen LogP contribution in [0.5, 0.6) is 0 Å². The molecular formula is C18H22O4S6. The van der Waals surface area contributed by atoms with E-state index < -0.39 is 0 Å². The van der Waals surface area contributed by atoms with E-state index in [0.29, 0.717) is 27.0 Å². The smallest absolute Gasteiger partial charge is 0.330 e. The molecule has 0 spiro atoms. The molecule has 0 aromatic carbocycles. The van der Waals surface area contributed by atoms with Crippen LogP contribution in [0.4, 0.5) is 0 Å². The molecule has 0 bridgehead atoms. The average Bonchev–Trinajstić information content (AvgIpc) is 3.36. The van der Waals surface area contributed by atoms with Crippen LogP contribution in [-0.4, -0.2) is 50.4 Å². The summed E-state index contributed by atoms with van der Waals surface area (Å²) < 4.78 is 11.6. The Morgan fingerprint density at radius 1 is 1.00 bits per heavy atom. The third-order valence-corrected chi connectivity index (χ3v) is 12.2. The first kappa shape index (κ1) is 24.3.